The van der Waals surface area contributed by atoms with Crippen molar-refractivity contribution in [3.05, 3.63) is 71.7 Å². The van der Waals surface area contributed by atoms with E-state index in [1.54, 1.807) is 28.8 Å². The highest BCUT2D eigenvalue weighted by atomic mass is 19.1. The number of nitrogens with zero attached hydrogens (tertiary/aromatic N) is 3. The molecule has 2 aromatic carbocycles. The van der Waals surface area contributed by atoms with Crippen LogP contribution in [0.2, 0.25) is 0 Å². The minimum atomic E-state index is -0.389. The SMILES string of the molecule is COCCN(Cc1c(C(C)C)nn(-c2ccccc2)c1Oc1cccc(F)c1)C(C)=O. The second-order valence-corrected chi connectivity index (χ2v) is 7.56. The molecule has 0 saturated heterocycles. The molecule has 0 N–H and O–H groups in total. The summed E-state index contributed by atoms with van der Waals surface area (Å²) in [6.07, 6.45) is 0. The topological polar surface area (TPSA) is 56.6 Å². The largest absolute Gasteiger partial charge is 0.438 e. The maximum atomic E-state index is 13.8. The first kappa shape index (κ1) is 22.5. The van der Waals surface area contributed by atoms with E-state index in [1.165, 1.54) is 19.1 Å². The van der Waals surface area contributed by atoms with E-state index in [9.17, 15) is 9.18 Å². The van der Waals surface area contributed by atoms with Crippen LogP contribution in [0.15, 0.2) is 54.6 Å². The van der Waals surface area contributed by atoms with Crippen LogP contribution in [0.1, 0.15) is 37.9 Å². The highest BCUT2D eigenvalue weighted by Gasteiger charge is 2.25. The van der Waals surface area contributed by atoms with Gasteiger partial charge < -0.3 is 14.4 Å². The Kier molecular flexibility index (Phi) is 7.41. The van der Waals surface area contributed by atoms with Gasteiger partial charge >= 0.3 is 0 Å². The Hall–Kier alpha value is -3.19. The Morgan fingerprint density at radius 3 is 2.52 bits per heavy atom. The fourth-order valence-corrected chi connectivity index (χ4v) is 3.29. The van der Waals surface area contributed by atoms with Gasteiger partial charge in [0.25, 0.3) is 0 Å². The molecule has 0 aliphatic carbocycles. The molecule has 1 heterocycles. The third-order valence-corrected chi connectivity index (χ3v) is 4.89. The van der Waals surface area contributed by atoms with Crippen LogP contribution >= 0.6 is 0 Å². The second-order valence-electron chi connectivity index (χ2n) is 7.56. The minimum Gasteiger partial charge on any atom is -0.438 e. The van der Waals surface area contributed by atoms with Gasteiger partial charge in [0, 0.05) is 26.6 Å². The van der Waals surface area contributed by atoms with E-state index in [4.69, 9.17) is 14.6 Å². The number of hydrogen-bond donors (Lipinski definition) is 0. The van der Waals surface area contributed by atoms with Gasteiger partial charge in [-0.3, -0.25) is 4.79 Å². The molecular formula is C24H28FN3O3. The number of amides is 1. The summed E-state index contributed by atoms with van der Waals surface area (Å²) in [6.45, 7) is 6.78. The molecule has 0 atom stereocenters. The van der Waals surface area contributed by atoms with Crippen molar-refractivity contribution in [1.82, 2.24) is 14.7 Å². The minimum absolute atomic E-state index is 0.0732. The zero-order valence-electron chi connectivity index (χ0n) is 18.3. The molecule has 7 heteroatoms. The monoisotopic (exact) mass is 425 g/mol. The van der Waals surface area contributed by atoms with Crippen molar-refractivity contribution < 1.29 is 18.7 Å². The van der Waals surface area contributed by atoms with Crippen LogP contribution in [0.4, 0.5) is 4.39 Å². The van der Waals surface area contributed by atoms with E-state index >= 15 is 0 Å². The average Bonchev–Trinajstić information content (AvgIpc) is 3.09. The molecule has 0 spiro atoms. The summed E-state index contributed by atoms with van der Waals surface area (Å²) in [5.41, 5.74) is 2.42. The number of carbonyl (C=O) groups is 1. The molecule has 0 unspecified atom stereocenters. The van der Waals surface area contributed by atoms with Gasteiger partial charge in [0.2, 0.25) is 11.8 Å². The highest BCUT2D eigenvalue weighted by molar-refractivity contribution is 5.73. The molecule has 1 amide bonds. The van der Waals surface area contributed by atoms with E-state index in [2.05, 4.69) is 0 Å². The summed E-state index contributed by atoms with van der Waals surface area (Å²) in [4.78, 5) is 14.0. The van der Waals surface area contributed by atoms with Crippen LogP contribution in [0, 0.1) is 5.82 Å². The van der Waals surface area contributed by atoms with Crippen molar-refractivity contribution >= 4 is 5.91 Å². The van der Waals surface area contributed by atoms with Crippen LogP contribution in [0.3, 0.4) is 0 Å². The van der Waals surface area contributed by atoms with Crippen LogP contribution < -0.4 is 4.74 Å². The number of aromatic nitrogens is 2. The standard InChI is InChI=1S/C24H28FN3O3/c1-17(2)23-22(16-27(18(3)29)13-14-30-4)24(31-21-12-8-9-19(25)15-21)28(26-23)20-10-6-5-7-11-20/h5-12,15,17H,13-14,16H2,1-4H3. The van der Waals surface area contributed by atoms with Crippen molar-refractivity contribution in [3.8, 4) is 17.3 Å². The molecule has 1 aromatic heterocycles. The molecule has 6 nitrogen and oxygen atoms in total. The predicted molar refractivity (Wildman–Crippen MR) is 117 cm³/mol. The van der Waals surface area contributed by atoms with Crippen molar-refractivity contribution in [3.63, 3.8) is 0 Å². The fourth-order valence-electron chi connectivity index (χ4n) is 3.29. The Morgan fingerprint density at radius 1 is 1.16 bits per heavy atom. The number of halogens is 1. The summed E-state index contributed by atoms with van der Waals surface area (Å²) >= 11 is 0. The lowest BCUT2D eigenvalue weighted by atomic mass is 10.1. The number of benzene rings is 2. The molecular weight excluding hydrogens is 397 g/mol. The molecule has 0 aliphatic rings. The number of methoxy groups -OCH3 is 1. The molecule has 0 aliphatic heterocycles. The summed E-state index contributed by atoms with van der Waals surface area (Å²) < 4.78 is 26.9. The predicted octanol–water partition coefficient (Wildman–Crippen LogP) is 4.92. The number of ether oxygens (including phenoxy) is 2. The van der Waals surface area contributed by atoms with Gasteiger partial charge in [-0.2, -0.15) is 5.10 Å². The third kappa shape index (κ3) is 5.49. The molecule has 0 bridgehead atoms. The number of carbonyl (C=O) groups excluding carboxylic acids is 1. The Labute approximate surface area is 182 Å². The van der Waals surface area contributed by atoms with Crippen molar-refractivity contribution in [2.45, 2.75) is 33.2 Å². The second kappa shape index (κ2) is 10.2. The van der Waals surface area contributed by atoms with E-state index in [0.717, 1.165) is 16.9 Å². The normalized spacial score (nSPS) is 11.0. The first-order valence-corrected chi connectivity index (χ1v) is 10.3. The molecule has 0 saturated carbocycles. The van der Waals surface area contributed by atoms with E-state index < -0.39 is 0 Å². The quantitative estimate of drug-likeness (QED) is 0.488. The fraction of sp³-hybridized carbons (Fsp3) is 0.333. The summed E-state index contributed by atoms with van der Waals surface area (Å²) in [7, 11) is 1.60. The summed E-state index contributed by atoms with van der Waals surface area (Å²) in [6, 6.07) is 15.6. The smallest absolute Gasteiger partial charge is 0.227 e. The maximum Gasteiger partial charge on any atom is 0.227 e. The summed E-state index contributed by atoms with van der Waals surface area (Å²) in [5.74, 6) is 0.449. The summed E-state index contributed by atoms with van der Waals surface area (Å²) in [5, 5.41) is 4.82. The Balaban J connectivity index is 2.13. The van der Waals surface area contributed by atoms with Crippen LogP contribution in [0.25, 0.3) is 5.69 Å². The molecule has 3 aromatic rings. The molecule has 31 heavy (non-hydrogen) atoms. The lowest BCUT2D eigenvalue weighted by molar-refractivity contribution is -0.130. The van der Waals surface area contributed by atoms with Gasteiger partial charge in [-0.15, -0.1) is 0 Å². The van der Waals surface area contributed by atoms with E-state index in [0.29, 0.717) is 31.3 Å². The zero-order chi connectivity index (χ0) is 22.4. The average molecular weight is 426 g/mol. The number of para-hydroxylation sites is 1. The van der Waals surface area contributed by atoms with Crippen molar-refractivity contribution in [2.24, 2.45) is 0 Å². The first-order chi connectivity index (χ1) is 14.9. The van der Waals surface area contributed by atoms with Crippen molar-refractivity contribution in [2.75, 3.05) is 20.3 Å². The van der Waals surface area contributed by atoms with Crippen LogP contribution in [0.5, 0.6) is 11.6 Å². The number of rotatable bonds is 9. The van der Waals surface area contributed by atoms with Crippen LogP contribution in [-0.2, 0) is 16.1 Å². The highest BCUT2D eigenvalue weighted by Crippen LogP contribution is 2.35. The van der Waals surface area contributed by atoms with Gasteiger partial charge in [-0.05, 0) is 30.2 Å². The molecule has 3 rings (SSSR count). The third-order valence-electron chi connectivity index (χ3n) is 4.89. The molecule has 0 radical (unpaired) electrons. The van der Waals surface area contributed by atoms with Gasteiger partial charge in [-0.1, -0.05) is 38.1 Å². The zero-order valence-corrected chi connectivity index (χ0v) is 18.3. The van der Waals surface area contributed by atoms with Gasteiger partial charge in [0.15, 0.2) is 0 Å². The van der Waals surface area contributed by atoms with E-state index in [-0.39, 0.29) is 17.6 Å². The lowest BCUT2D eigenvalue weighted by Gasteiger charge is -2.22. The Morgan fingerprint density at radius 2 is 1.90 bits per heavy atom. The van der Waals surface area contributed by atoms with Gasteiger partial charge in [0.1, 0.15) is 11.6 Å². The van der Waals surface area contributed by atoms with Crippen molar-refractivity contribution in [1.29, 1.82) is 0 Å². The lowest BCUT2D eigenvalue weighted by Crippen LogP contribution is -2.31. The first-order valence-electron chi connectivity index (χ1n) is 10.3. The maximum absolute atomic E-state index is 13.8. The molecule has 164 valence electrons. The van der Waals surface area contributed by atoms with E-state index in [1.807, 2.05) is 44.2 Å². The van der Waals surface area contributed by atoms with Gasteiger partial charge in [-0.25, -0.2) is 9.07 Å². The number of hydrogen-bond acceptors (Lipinski definition) is 4. The Bertz CT molecular complexity index is 1020. The van der Waals surface area contributed by atoms with Gasteiger partial charge in [0.05, 0.1) is 30.1 Å². The van der Waals surface area contributed by atoms with Crippen LogP contribution in [-0.4, -0.2) is 40.8 Å². The molecule has 0 fully saturated rings.